The summed E-state index contributed by atoms with van der Waals surface area (Å²) < 4.78 is 56.3. The maximum absolute atomic E-state index is 11.6. The van der Waals surface area contributed by atoms with Crippen molar-refractivity contribution in [2.45, 2.75) is 179 Å². The number of hydrogen-bond acceptors (Lipinski definition) is 26. The lowest BCUT2D eigenvalue weighted by molar-refractivity contribution is -0.150. The lowest BCUT2D eigenvalue weighted by Crippen LogP contribution is -2.38. The maximum Gasteiger partial charge on any atom is 0.333 e. The van der Waals surface area contributed by atoms with E-state index in [4.69, 9.17) is 52.1 Å². The number of esters is 4. The molecule has 0 N–H and O–H groups in total. The fraction of sp³-hybridized carbons (Fsp3) is 0.818. The predicted molar refractivity (Wildman–Crippen MR) is 511 cm³/mol. The van der Waals surface area contributed by atoms with E-state index in [1.807, 2.05) is 66.1 Å². The first-order valence-electron chi connectivity index (χ1n) is 49.0. The van der Waals surface area contributed by atoms with E-state index in [1.54, 1.807) is 0 Å². The number of hydrogen-bond donors (Lipinski definition) is 0. The monoisotopic (exact) mass is 1770 g/mol. The molecule has 0 saturated carbocycles. The Bertz CT molecular complexity index is 2740. The minimum absolute atomic E-state index is 0.0168. The first-order valence-corrected chi connectivity index (χ1v) is 49.0. The highest BCUT2D eigenvalue weighted by Crippen LogP contribution is 2.22. The van der Waals surface area contributed by atoms with Crippen molar-refractivity contribution in [2.24, 2.45) is 23.7 Å². The average Bonchev–Trinajstić information content (AvgIpc) is 1.32. The third-order valence-electron chi connectivity index (χ3n) is 22.9. The summed E-state index contributed by atoms with van der Waals surface area (Å²) >= 11 is 0. The van der Waals surface area contributed by atoms with Crippen molar-refractivity contribution in [2.75, 3.05) is 330 Å². The van der Waals surface area contributed by atoms with Crippen molar-refractivity contribution < 1.29 is 71.3 Å². The summed E-state index contributed by atoms with van der Waals surface area (Å²) in [5.41, 5.74) is 2.17. The van der Waals surface area contributed by atoms with E-state index in [2.05, 4.69) is 152 Å². The van der Waals surface area contributed by atoms with Crippen molar-refractivity contribution in [3.05, 3.63) is 85.0 Å². The van der Waals surface area contributed by atoms with Gasteiger partial charge in [-0.1, -0.05) is 122 Å². The van der Waals surface area contributed by atoms with Crippen molar-refractivity contribution in [3.8, 4) is 0 Å². The molecule has 0 bridgehead atoms. The summed E-state index contributed by atoms with van der Waals surface area (Å²) in [6, 6.07) is 10.5. The molecular formula is C99H185N11O15. The van der Waals surface area contributed by atoms with Crippen LogP contribution in [0.25, 0.3) is 0 Å². The molecule has 10 fully saturated rings. The van der Waals surface area contributed by atoms with Gasteiger partial charge in [0.05, 0.1) is 137 Å². The molecule has 0 aromatic heterocycles. The summed E-state index contributed by atoms with van der Waals surface area (Å²) in [5, 5.41) is 0. The summed E-state index contributed by atoms with van der Waals surface area (Å²) in [5.74, 6) is 1.54. The number of carbonyl (C=O) groups is 4. The Hall–Kier alpha value is -4.66. The normalized spacial score (nSPS) is 21.2. The van der Waals surface area contributed by atoms with E-state index >= 15 is 0 Å². The standard InChI is InChI=1S/C15H21NO2.C12H21NO.C11H21NO2.C9H15NO2.C9H17NO2.C9H19NO.2C8H17NO.C7H13NO.C6H13NO.C5H11NO/c1-2-18-15(17)14-8-10-16(11-9-14)12-13-6-4-3-5-7-13;1-2-3-4-5-6-7-8-13-9-11-14-12-10-13;1-3-14-11(13)6-8-12-7-4-5-10(2)9-12;1-3-12-9(11)8-4-6-10(2)7-5-8;1-3-12-9(11)8-5-4-6-10(2)7-8;1-2-3-4-5-10-6-8-11-9-7-10;1-8(2)7-9-3-5-10-6-4-9;1-2-3-4-9-5-7-10-8-6-9;1-2-3-8-4-6-9-7-5-8;1-2-7-3-5-8-6-4-7;1-6-2-4-7-5-3-6/h3-7,14H,2,8-12H2,1H3;2,6-7H,1,3-5,8-12H2;10H,3-9H2,1-2H3;4H,3,5-7H2,1-2H3;8H,3-7H2,1-2H3;2-9H2,1H3;8H,3-7H2,1-2H3;2-8H2,1H3;2H,1,3-7H2;2-6H2,1H3;2-5H2,1H3/b;7-6+;;;;;;;;;. The molecule has 11 heterocycles. The molecule has 0 radical (unpaired) electrons. The van der Waals surface area contributed by atoms with Crippen LogP contribution in [0.4, 0.5) is 0 Å². The van der Waals surface area contributed by atoms with Crippen molar-refractivity contribution in [3.63, 3.8) is 0 Å². The smallest absolute Gasteiger partial charge is 0.333 e. The van der Waals surface area contributed by atoms with Gasteiger partial charge in [0.25, 0.3) is 0 Å². The zero-order valence-corrected chi connectivity index (χ0v) is 81.8. The number of rotatable bonds is 30. The van der Waals surface area contributed by atoms with Crippen LogP contribution in [0, 0.1) is 23.7 Å². The Kier molecular flexibility index (Phi) is 75.7. The highest BCUT2D eigenvalue weighted by atomic mass is 16.5. The Labute approximate surface area is 762 Å². The summed E-state index contributed by atoms with van der Waals surface area (Å²) in [7, 11) is 6.20. The molecule has 26 heteroatoms. The highest BCUT2D eigenvalue weighted by molar-refractivity contribution is 5.88. The second-order valence-corrected chi connectivity index (χ2v) is 34.3. The molecule has 0 aliphatic carbocycles. The predicted octanol–water partition coefficient (Wildman–Crippen LogP) is 12.5. The maximum atomic E-state index is 11.6. The van der Waals surface area contributed by atoms with Gasteiger partial charge in [0.2, 0.25) is 0 Å². The number of ether oxygens (including phenoxy) is 11. The summed E-state index contributed by atoms with van der Waals surface area (Å²) in [4.78, 5) is 71.2. The number of carbonyl (C=O) groups excluding carboxylic acids is 4. The number of piperidine rings is 3. The molecule has 0 spiro atoms. The van der Waals surface area contributed by atoms with Crippen LogP contribution in [0.15, 0.2) is 79.4 Å². The number of benzene rings is 1. The molecule has 2 unspecified atom stereocenters. The molecule has 12 rings (SSSR count). The molecule has 10 saturated heterocycles. The number of nitrogens with zero attached hydrogens (tertiary/aromatic N) is 11. The Morgan fingerprint density at radius 3 is 1.37 bits per heavy atom. The van der Waals surface area contributed by atoms with Gasteiger partial charge in [-0.25, -0.2) is 4.79 Å². The van der Waals surface area contributed by atoms with E-state index in [0.29, 0.717) is 32.8 Å². The van der Waals surface area contributed by atoms with Gasteiger partial charge in [0.1, 0.15) is 0 Å². The lowest BCUT2D eigenvalue weighted by Gasteiger charge is -2.30. The van der Waals surface area contributed by atoms with Gasteiger partial charge in [-0.2, -0.15) is 0 Å². The van der Waals surface area contributed by atoms with E-state index in [9.17, 15) is 19.2 Å². The largest absolute Gasteiger partial charge is 0.466 e. The number of morpholine rings is 7. The average molecular weight is 1770 g/mol. The van der Waals surface area contributed by atoms with Crippen LogP contribution in [-0.2, 0) is 77.8 Å². The number of likely N-dealkylation sites (N-methyl/N-ethyl adjacent to an activating group) is 3. The topological polar surface area (TPSA) is 205 Å². The van der Waals surface area contributed by atoms with Gasteiger partial charge in [-0.05, 0) is 189 Å². The zero-order valence-electron chi connectivity index (χ0n) is 81.8. The molecule has 125 heavy (non-hydrogen) atoms. The molecule has 1 aromatic rings. The third kappa shape index (κ3) is 65.5. The van der Waals surface area contributed by atoms with E-state index in [0.717, 1.165) is 319 Å². The third-order valence-corrected chi connectivity index (χ3v) is 22.9. The number of unbranched alkanes of at least 4 members (excludes halogenated alkanes) is 5. The van der Waals surface area contributed by atoms with Gasteiger partial charge in [-0.15, -0.1) is 13.2 Å². The van der Waals surface area contributed by atoms with Crippen LogP contribution in [0.5, 0.6) is 0 Å². The molecule has 26 nitrogen and oxygen atoms in total. The number of allylic oxidation sites excluding steroid dienone is 2. The van der Waals surface area contributed by atoms with Gasteiger partial charge in [0, 0.05) is 156 Å². The van der Waals surface area contributed by atoms with E-state index < -0.39 is 0 Å². The first kappa shape index (κ1) is 116. The molecule has 1 aromatic carbocycles. The van der Waals surface area contributed by atoms with Crippen LogP contribution in [0.1, 0.15) is 178 Å². The van der Waals surface area contributed by atoms with Gasteiger partial charge >= 0.3 is 23.9 Å². The zero-order chi connectivity index (χ0) is 91.2. The minimum Gasteiger partial charge on any atom is -0.466 e. The molecule has 726 valence electrons. The molecular weight excluding hydrogens is 1580 g/mol. The highest BCUT2D eigenvalue weighted by Gasteiger charge is 2.27. The molecule has 2 atom stereocenters. The Balaban J connectivity index is 0.000000470. The first-order chi connectivity index (χ1) is 60.8. The van der Waals surface area contributed by atoms with Crippen LogP contribution in [0.2, 0.25) is 0 Å². The summed E-state index contributed by atoms with van der Waals surface area (Å²) in [6.07, 6.45) is 28.5. The van der Waals surface area contributed by atoms with Crippen LogP contribution in [-0.4, -0.2) is 408 Å². The van der Waals surface area contributed by atoms with Gasteiger partial charge in [-0.3, -0.25) is 48.7 Å². The molecule has 0 amide bonds. The quantitative estimate of drug-likeness (QED) is 0.0304. The fourth-order valence-corrected chi connectivity index (χ4v) is 15.2. The number of likely N-dealkylation sites (tertiary alicyclic amines) is 3. The van der Waals surface area contributed by atoms with Crippen molar-refractivity contribution >= 4 is 23.9 Å². The van der Waals surface area contributed by atoms with Gasteiger partial charge in [0.15, 0.2) is 0 Å². The second kappa shape index (κ2) is 81.3. The Morgan fingerprint density at radius 2 is 0.920 bits per heavy atom. The SMILES string of the molecule is C=CCCC/C=C/CN1CCOCC1.C=CCN1CCOCC1.CC(C)CN1CCOCC1.CCCCCN1CCOCC1.CCCCN1CCOCC1.CCN1CCOCC1.CCOC(=O)C1=CCN(C)CC1.CCOC(=O)C1CCCN(C)C1.CCOC(=O)C1CCN(Cc2ccccc2)CC1.CCOC(=O)CCN1CCCC(C)C1.CN1CCOCC1. The Morgan fingerprint density at radius 1 is 0.432 bits per heavy atom. The van der Waals surface area contributed by atoms with Crippen LogP contribution < -0.4 is 0 Å². The summed E-state index contributed by atoms with van der Waals surface area (Å²) in [6.45, 7) is 75.4. The van der Waals surface area contributed by atoms with Crippen LogP contribution in [0.3, 0.4) is 0 Å². The molecule has 11 aliphatic heterocycles. The fourth-order valence-electron chi connectivity index (χ4n) is 15.2. The van der Waals surface area contributed by atoms with Gasteiger partial charge < -0.3 is 71.7 Å². The second-order valence-electron chi connectivity index (χ2n) is 34.3. The lowest BCUT2D eigenvalue weighted by atomic mass is 9.96. The van der Waals surface area contributed by atoms with E-state index in [-0.39, 0.29) is 35.7 Å². The van der Waals surface area contributed by atoms with Crippen LogP contribution >= 0.6 is 0 Å². The van der Waals surface area contributed by atoms with Crippen molar-refractivity contribution in [1.29, 1.82) is 0 Å². The minimum atomic E-state index is -0.148. The van der Waals surface area contributed by atoms with Crippen molar-refractivity contribution in [1.82, 2.24) is 53.9 Å². The van der Waals surface area contributed by atoms with E-state index in [1.165, 1.54) is 89.5 Å². The molecule has 11 aliphatic rings.